The van der Waals surface area contributed by atoms with Crippen LogP contribution in [-0.4, -0.2) is 67.5 Å². The molecule has 0 spiro atoms. The highest BCUT2D eigenvalue weighted by Gasteiger charge is 2.39. The van der Waals surface area contributed by atoms with Gasteiger partial charge >= 0.3 is 0 Å². The summed E-state index contributed by atoms with van der Waals surface area (Å²) >= 11 is 1.16. The van der Waals surface area contributed by atoms with Gasteiger partial charge in [-0.2, -0.15) is 0 Å². The maximum absolute atomic E-state index is 13.4. The first kappa shape index (κ1) is 23.9. The van der Waals surface area contributed by atoms with Crippen molar-refractivity contribution in [3.63, 3.8) is 0 Å². The number of piperazine rings is 1. The molecule has 1 aliphatic heterocycles. The zero-order valence-corrected chi connectivity index (χ0v) is 19.7. The molecule has 10 heteroatoms. The quantitative estimate of drug-likeness (QED) is 0.657. The van der Waals surface area contributed by atoms with Crippen LogP contribution in [0.1, 0.15) is 35.0 Å². The van der Waals surface area contributed by atoms with E-state index in [0.717, 1.165) is 23.3 Å². The SMILES string of the molecule is CCCC(=O)N1CCN(C(=O)C(NC(=O)c2cccs2)S(=O)(=O)c2ccc(C)cc2)CC1. The van der Waals surface area contributed by atoms with Gasteiger partial charge in [0.2, 0.25) is 21.1 Å². The zero-order valence-electron chi connectivity index (χ0n) is 18.1. The topological polar surface area (TPSA) is 104 Å². The van der Waals surface area contributed by atoms with Crippen molar-refractivity contribution in [2.45, 2.75) is 37.0 Å². The molecular formula is C22H27N3O5S2. The number of hydrogen-bond acceptors (Lipinski definition) is 6. The van der Waals surface area contributed by atoms with Gasteiger partial charge in [0.25, 0.3) is 11.8 Å². The smallest absolute Gasteiger partial charge is 0.262 e. The molecule has 8 nitrogen and oxygen atoms in total. The van der Waals surface area contributed by atoms with Gasteiger partial charge in [-0.15, -0.1) is 11.3 Å². The lowest BCUT2D eigenvalue weighted by molar-refractivity contribution is -0.139. The van der Waals surface area contributed by atoms with Gasteiger partial charge in [0.1, 0.15) is 0 Å². The van der Waals surface area contributed by atoms with Crippen molar-refractivity contribution in [1.29, 1.82) is 0 Å². The number of amides is 3. The monoisotopic (exact) mass is 477 g/mol. The molecule has 0 saturated carbocycles. The minimum Gasteiger partial charge on any atom is -0.339 e. The second kappa shape index (κ2) is 10.3. The minimum atomic E-state index is -4.19. The molecule has 0 bridgehead atoms. The lowest BCUT2D eigenvalue weighted by Gasteiger charge is -2.36. The molecule has 1 atom stereocenters. The Bertz CT molecular complexity index is 1060. The Kier molecular flexibility index (Phi) is 7.68. The van der Waals surface area contributed by atoms with Crippen LogP contribution in [0.4, 0.5) is 0 Å². The summed E-state index contributed by atoms with van der Waals surface area (Å²) in [6.45, 7) is 4.85. The second-order valence-electron chi connectivity index (χ2n) is 7.64. The molecule has 32 heavy (non-hydrogen) atoms. The Hall–Kier alpha value is -2.72. The average molecular weight is 478 g/mol. The van der Waals surface area contributed by atoms with Gasteiger partial charge < -0.3 is 15.1 Å². The summed E-state index contributed by atoms with van der Waals surface area (Å²) in [6.07, 6.45) is 1.18. The zero-order chi connectivity index (χ0) is 23.3. The maximum atomic E-state index is 13.4. The Labute approximate surface area is 192 Å². The molecule has 0 radical (unpaired) electrons. The van der Waals surface area contributed by atoms with Gasteiger partial charge in [0.15, 0.2) is 0 Å². The van der Waals surface area contributed by atoms with Crippen LogP contribution >= 0.6 is 11.3 Å². The molecule has 1 fully saturated rings. The lowest BCUT2D eigenvalue weighted by atomic mass is 10.2. The number of nitrogens with one attached hydrogen (secondary N) is 1. The third kappa shape index (κ3) is 5.36. The van der Waals surface area contributed by atoms with Gasteiger partial charge in [-0.1, -0.05) is 30.7 Å². The predicted molar refractivity (Wildman–Crippen MR) is 122 cm³/mol. The summed E-state index contributed by atoms with van der Waals surface area (Å²) in [5.74, 6) is -1.29. The summed E-state index contributed by atoms with van der Waals surface area (Å²) in [5.41, 5.74) is 0.877. The van der Waals surface area contributed by atoms with E-state index >= 15 is 0 Å². The number of thiophene rings is 1. The maximum Gasteiger partial charge on any atom is 0.262 e. The highest BCUT2D eigenvalue weighted by molar-refractivity contribution is 7.92. The molecular weight excluding hydrogens is 450 g/mol. The summed E-state index contributed by atoms with van der Waals surface area (Å²) < 4.78 is 26.7. The molecule has 0 aliphatic carbocycles. The van der Waals surface area contributed by atoms with Gasteiger partial charge in [-0.25, -0.2) is 8.42 Å². The third-order valence-corrected chi connectivity index (χ3v) is 8.04. The molecule has 1 saturated heterocycles. The van der Waals surface area contributed by atoms with Crippen LogP contribution in [-0.2, 0) is 19.4 Å². The molecule has 1 aliphatic rings. The van der Waals surface area contributed by atoms with E-state index in [4.69, 9.17) is 0 Å². The third-order valence-electron chi connectivity index (χ3n) is 5.30. The van der Waals surface area contributed by atoms with E-state index in [1.807, 2.05) is 13.8 Å². The fourth-order valence-corrected chi connectivity index (χ4v) is 5.54. The minimum absolute atomic E-state index is 0.0226. The van der Waals surface area contributed by atoms with Gasteiger partial charge in [-0.05, 0) is 36.9 Å². The Balaban J connectivity index is 1.84. The number of aryl methyl sites for hydroxylation is 1. The number of rotatable bonds is 7. The molecule has 3 rings (SSSR count). The Morgan fingerprint density at radius 3 is 2.22 bits per heavy atom. The van der Waals surface area contributed by atoms with Crippen LogP contribution in [0.15, 0.2) is 46.7 Å². The van der Waals surface area contributed by atoms with E-state index in [-0.39, 0.29) is 23.9 Å². The van der Waals surface area contributed by atoms with E-state index in [2.05, 4.69) is 5.32 Å². The first-order valence-electron chi connectivity index (χ1n) is 10.5. The van der Waals surface area contributed by atoms with Crippen LogP contribution in [0.25, 0.3) is 0 Å². The van der Waals surface area contributed by atoms with Gasteiger partial charge in [0.05, 0.1) is 9.77 Å². The number of carbonyl (C=O) groups excluding carboxylic acids is 3. The van der Waals surface area contributed by atoms with Crippen molar-refractivity contribution in [1.82, 2.24) is 15.1 Å². The van der Waals surface area contributed by atoms with E-state index in [9.17, 15) is 22.8 Å². The fourth-order valence-electron chi connectivity index (χ4n) is 3.45. The van der Waals surface area contributed by atoms with Crippen molar-refractivity contribution in [2.75, 3.05) is 26.2 Å². The first-order valence-corrected chi connectivity index (χ1v) is 12.9. The van der Waals surface area contributed by atoms with E-state index < -0.39 is 27.0 Å². The predicted octanol–water partition coefficient (Wildman–Crippen LogP) is 2.06. The Morgan fingerprint density at radius 1 is 1.03 bits per heavy atom. The molecule has 2 aromatic rings. The fraction of sp³-hybridized carbons (Fsp3) is 0.409. The average Bonchev–Trinajstić information content (AvgIpc) is 3.32. The highest BCUT2D eigenvalue weighted by Crippen LogP contribution is 2.20. The summed E-state index contributed by atoms with van der Waals surface area (Å²) in [5, 5.41) is 2.38. The largest absolute Gasteiger partial charge is 0.339 e. The number of carbonyl (C=O) groups is 3. The lowest BCUT2D eigenvalue weighted by Crippen LogP contribution is -2.57. The van der Waals surface area contributed by atoms with Gasteiger partial charge in [-0.3, -0.25) is 14.4 Å². The standard InChI is InChI=1S/C22H27N3O5S2/c1-3-5-19(26)24-11-13-25(14-12-24)22(28)21(23-20(27)18-6-4-15-31-18)32(29,30)17-9-7-16(2)8-10-17/h4,6-10,15,21H,3,5,11-14H2,1-2H3,(H,23,27). The van der Waals surface area contributed by atoms with Crippen LogP contribution in [0.3, 0.4) is 0 Å². The van der Waals surface area contributed by atoms with Gasteiger partial charge in [0, 0.05) is 32.6 Å². The molecule has 1 unspecified atom stereocenters. The number of nitrogens with zero attached hydrogens (tertiary/aromatic N) is 2. The first-order chi connectivity index (χ1) is 15.2. The summed E-state index contributed by atoms with van der Waals surface area (Å²) in [6, 6.07) is 9.41. The van der Waals surface area contributed by atoms with Crippen LogP contribution < -0.4 is 5.32 Å². The molecule has 3 amide bonds. The van der Waals surface area contributed by atoms with Crippen LogP contribution in [0.2, 0.25) is 0 Å². The second-order valence-corrected chi connectivity index (χ2v) is 10.6. The summed E-state index contributed by atoms with van der Waals surface area (Å²) in [7, 11) is -4.19. The number of benzene rings is 1. The van der Waals surface area contributed by atoms with Crippen LogP contribution in [0.5, 0.6) is 0 Å². The van der Waals surface area contributed by atoms with Crippen molar-refractivity contribution in [2.24, 2.45) is 0 Å². The highest BCUT2D eigenvalue weighted by atomic mass is 32.2. The number of sulfone groups is 1. The van der Waals surface area contributed by atoms with Crippen molar-refractivity contribution in [3.05, 3.63) is 52.2 Å². The van der Waals surface area contributed by atoms with E-state index in [0.29, 0.717) is 24.4 Å². The van der Waals surface area contributed by atoms with E-state index in [1.54, 1.807) is 34.5 Å². The molecule has 1 aromatic carbocycles. The molecule has 2 heterocycles. The normalized spacial score (nSPS) is 15.3. The Morgan fingerprint density at radius 2 is 1.66 bits per heavy atom. The van der Waals surface area contributed by atoms with Crippen LogP contribution in [0, 0.1) is 6.92 Å². The molecule has 172 valence electrons. The summed E-state index contributed by atoms with van der Waals surface area (Å²) in [4.78, 5) is 41.5. The van der Waals surface area contributed by atoms with E-state index in [1.165, 1.54) is 17.0 Å². The van der Waals surface area contributed by atoms with Crippen molar-refractivity contribution < 1.29 is 22.8 Å². The van der Waals surface area contributed by atoms with Crippen molar-refractivity contribution in [3.8, 4) is 0 Å². The molecule has 1 N–H and O–H groups in total. The molecule has 1 aromatic heterocycles. The van der Waals surface area contributed by atoms with Crippen molar-refractivity contribution >= 4 is 38.9 Å². The number of hydrogen-bond donors (Lipinski definition) is 1.